The molecule has 8 heteroatoms. The van der Waals surface area contributed by atoms with E-state index in [4.69, 9.17) is 4.74 Å². The van der Waals surface area contributed by atoms with E-state index in [2.05, 4.69) is 5.32 Å². The van der Waals surface area contributed by atoms with E-state index < -0.39 is 17.7 Å². The van der Waals surface area contributed by atoms with Crippen LogP contribution in [-0.4, -0.2) is 60.6 Å². The van der Waals surface area contributed by atoms with Crippen LogP contribution in [0.2, 0.25) is 0 Å². The van der Waals surface area contributed by atoms with Crippen LogP contribution in [0.4, 0.5) is 19.3 Å². The molecule has 6 nitrogen and oxygen atoms in total. The van der Waals surface area contributed by atoms with Gasteiger partial charge in [0.15, 0.2) is 11.6 Å². The Hall–Kier alpha value is -2.22. The smallest absolute Gasteiger partial charge is 0.409 e. The topological polar surface area (TPSA) is 61.9 Å². The molecule has 0 bridgehead atoms. The number of nitrogens with zero attached hydrogens (tertiary/aromatic N) is 2. The molecule has 1 atom stereocenters. The first-order chi connectivity index (χ1) is 11.4. The van der Waals surface area contributed by atoms with Crippen molar-refractivity contribution >= 4 is 17.7 Å². The summed E-state index contributed by atoms with van der Waals surface area (Å²) in [4.78, 5) is 27.4. The van der Waals surface area contributed by atoms with Gasteiger partial charge in [0, 0.05) is 37.9 Å². The van der Waals surface area contributed by atoms with Crippen LogP contribution < -0.4 is 5.32 Å². The summed E-state index contributed by atoms with van der Waals surface area (Å²) in [7, 11) is 0. The van der Waals surface area contributed by atoms with Crippen molar-refractivity contribution in [1.82, 2.24) is 9.80 Å². The minimum Gasteiger partial charge on any atom is -0.450 e. The minimum atomic E-state index is -1.01. The molecule has 0 aliphatic carbocycles. The van der Waals surface area contributed by atoms with Crippen molar-refractivity contribution in [3.63, 3.8) is 0 Å². The lowest BCUT2D eigenvalue weighted by Gasteiger charge is -2.36. The number of carbonyl (C=O) groups is 2. The Balaban J connectivity index is 1.87. The Morgan fingerprint density at radius 2 is 1.88 bits per heavy atom. The van der Waals surface area contributed by atoms with Crippen LogP contribution in [0.5, 0.6) is 0 Å². The second kappa shape index (κ2) is 8.05. The average molecular weight is 341 g/mol. The standard InChI is InChI=1S/C16H21F2N3O3/c1-3-24-16(23)21-8-6-20(7-9-21)11(2)15(22)19-12-4-5-13(17)14(18)10-12/h4-5,10-11H,3,6-9H2,1-2H3,(H,19,22)/t11-/m0/s1. The molecule has 1 heterocycles. The van der Waals surface area contributed by atoms with Gasteiger partial charge < -0.3 is 15.0 Å². The van der Waals surface area contributed by atoms with E-state index in [0.717, 1.165) is 12.1 Å². The number of carbonyl (C=O) groups excluding carboxylic acids is 2. The van der Waals surface area contributed by atoms with Crippen LogP contribution in [0.1, 0.15) is 13.8 Å². The number of hydrogen-bond donors (Lipinski definition) is 1. The van der Waals surface area contributed by atoms with Crippen molar-refractivity contribution in [2.75, 3.05) is 38.1 Å². The molecule has 1 aliphatic heterocycles. The Kier molecular flexibility index (Phi) is 6.08. The van der Waals surface area contributed by atoms with E-state index in [-0.39, 0.29) is 17.7 Å². The third kappa shape index (κ3) is 4.41. The summed E-state index contributed by atoms with van der Waals surface area (Å²) in [6, 6.07) is 2.76. The molecule has 1 aliphatic rings. The highest BCUT2D eigenvalue weighted by molar-refractivity contribution is 5.94. The van der Waals surface area contributed by atoms with Crippen LogP contribution in [0.3, 0.4) is 0 Å². The maximum absolute atomic E-state index is 13.2. The second-order valence-corrected chi connectivity index (χ2v) is 5.52. The predicted molar refractivity (Wildman–Crippen MR) is 84.6 cm³/mol. The van der Waals surface area contributed by atoms with Gasteiger partial charge in [-0.05, 0) is 26.0 Å². The van der Waals surface area contributed by atoms with Gasteiger partial charge in [0.05, 0.1) is 12.6 Å². The number of piperazine rings is 1. The van der Waals surface area contributed by atoms with Crippen molar-refractivity contribution in [3.05, 3.63) is 29.8 Å². The monoisotopic (exact) mass is 341 g/mol. The molecule has 1 fully saturated rings. The molecule has 1 aromatic rings. The van der Waals surface area contributed by atoms with Crippen molar-refractivity contribution in [2.45, 2.75) is 19.9 Å². The zero-order valence-electron chi connectivity index (χ0n) is 13.7. The van der Waals surface area contributed by atoms with Gasteiger partial charge in [0.2, 0.25) is 5.91 Å². The summed E-state index contributed by atoms with van der Waals surface area (Å²) < 4.78 is 31.0. The lowest BCUT2D eigenvalue weighted by molar-refractivity contribution is -0.121. The number of anilines is 1. The van der Waals surface area contributed by atoms with Gasteiger partial charge in [-0.1, -0.05) is 0 Å². The fraction of sp³-hybridized carbons (Fsp3) is 0.500. The molecule has 0 saturated carbocycles. The SMILES string of the molecule is CCOC(=O)N1CCN([C@@H](C)C(=O)Nc2ccc(F)c(F)c2)CC1. The van der Waals surface area contributed by atoms with Crippen LogP contribution >= 0.6 is 0 Å². The van der Waals surface area contributed by atoms with E-state index in [1.165, 1.54) is 6.07 Å². The zero-order valence-corrected chi connectivity index (χ0v) is 13.7. The number of amides is 2. The fourth-order valence-corrected chi connectivity index (χ4v) is 2.49. The third-order valence-corrected chi connectivity index (χ3v) is 3.95. The van der Waals surface area contributed by atoms with Crippen LogP contribution in [-0.2, 0) is 9.53 Å². The fourth-order valence-electron chi connectivity index (χ4n) is 2.49. The molecule has 0 aromatic heterocycles. The number of halogens is 2. The third-order valence-electron chi connectivity index (χ3n) is 3.95. The Morgan fingerprint density at radius 1 is 1.21 bits per heavy atom. The molecular weight excluding hydrogens is 320 g/mol. The first-order valence-electron chi connectivity index (χ1n) is 7.84. The van der Waals surface area contributed by atoms with Crippen molar-refractivity contribution < 1.29 is 23.1 Å². The van der Waals surface area contributed by atoms with E-state index in [9.17, 15) is 18.4 Å². The number of ether oxygens (including phenoxy) is 1. The molecule has 0 radical (unpaired) electrons. The highest BCUT2D eigenvalue weighted by atomic mass is 19.2. The highest BCUT2D eigenvalue weighted by Crippen LogP contribution is 2.15. The summed E-state index contributed by atoms with van der Waals surface area (Å²) in [5, 5.41) is 2.57. The first kappa shape index (κ1) is 18.1. The lowest BCUT2D eigenvalue weighted by Crippen LogP contribution is -2.54. The summed E-state index contributed by atoms with van der Waals surface area (Å²) in [6.45, 7) is 5.82. The van der Waals surface area contributed by atoms with Crippen molar-refractivity contribution in [2.24, 2.45) is 0 Å². The summed E-state index contributed by atoms with van der Waals surface area (Å²) in [6.07, 6.45) is -0.351. The minimum absolute atomic E-state index is 0.205. The number of benzene rings is 1. The van der Waals surface area contributed by atoms with Crippen molar-refractivity contribution in [3.8, 4) is 0 Å². The summed E-state index contributed by atoms with van der Waals surface area (Å²) in [5.74, 6) is -2.29. The van der Waals surface area contributed by atoms with E-state index >= 15 is 0 Å². The van der Waals surface area contributed by atoms with E-state index in [1.807, 2.05) is 4.90 Å². The Bertz CT molecular complexity index is 604. The average Bonchev–Trinajstić information content (AvgIpc) is 2.58. The van der Waals surface area contributed by atoms with Gasteiger partial charge >= 0.3 is 6.09 Å². The van der Waals surface area contributed by atoms with Crippen LogP contribution in [0.25, 0.3) is 0 Å². The zero-order chi connectivity index (χ0) is 17.7. The molecule has 2 rings (SSSR count). The van der Waals surface area contributed by atoms with E-state index in [0.29, 0.717) is 32.8 Å². The lowest BCUT2D eigenvalue weighted by atomic mass is 10.2. The second-order valence-electron chi connectivity index (χ2n) is 5.52. The van der Waals surface area contributed by atoms with Crippen molar-refractivity contribution in [1.29, 1.82) is 0 Å². The van der Waals surface area contributed by atoms with Gasteiger partial charge in [-0.15, -0.1) is 0 Å². The molecule has 0 spiro atoms. The molecule has 2 amide bonds. The van der Waals surface area contributed by atoms with Gasteiger partial charge in [-0.2, -0.15) is 0 Å². The van der Waals surface area contributed by atoms with Gasteiger partial charge in [0.1, 0.15) is 0 Å². The first-order valence-corrected chi connectivity index (χ1v) is 7.84. The number of nitrogens with one attached hydrogen (secondary N) is 1. The van der Waals surface area contributed by atoms with E-state index in [1.54, 1.807) is 18.7 Å². The summed E-state index contributed by atoms with van der Waals surface area (Å²) >= 11 is 0. The van der Waals surface area contributed by atoms with Gasteiger partial charge in [-0.3, -0.25) is 9.69 Å². The predicted octanol–water partition coefficient (Wildman–Crippen LogP) is 2.07. The summed E-state index contributed by atoms with van der Waals surface area (Å²) in [5.41, 5.74) is 0.205. The molecule has 0 unspecified atom stereocenters. The molecular formula is C16H21F2N3O3. The van der Waals surface area contributed by atoms with Gasteiger partial charge in [-0.25, -0.2) is 13.6 Å². The quantitative estimate of drug-likeness (QED) is 0.911. The molecule has 1 saturated heterocycles. The molecule has 1 aromatic carbocycles. The number of rotatable bonds is 4. The van der Waals surface area contributed by atoms with Crippen LogP contribution in [0.15, 0.2) is 18.2 Å². The highest BCUT2D eigenvalue weighted by Gasteiger charge is 2.28. The van der Waals surface area contributed by atoms with Gasteiger partial charge in [0.25, 0.3) is 0 Å². The van der Waals surface area contributed by atoms with Crippen LogP contribution in [0, 0.1) is 11.6 Å². The number of hydrogen-bond acceptors (Lipinski definition) is 4. The maximum Gasteiger partial charge on any atom is 0.409 e. The largest absolute Gasteiger partial charge is 0.450 e. The molecule has 132 valence electrons. The normalized spacial score (nSPS) is 16.6. The Morgan fingerprint density at radius 3 is 2.46 bits per heavy atom. The Labute approximate surface area is 139 Å². The maximum atomic E-state index is 13.2. The molecule has 1 N–H and O–H groups in total. The molecule has 24 heavy (non-hydrogen) atoms.